The average molecular weight is 370 g/mol. The molecular weight excluding hydrogens is 342 g/mol. The SMILES string of the molecule is Cl.O=C(C1CCCNC1)N(Cc1ccsc1)C1CC12CCNCC2. The Morgan fingerprint density at radius 3 is 2.79 bits per heavy atom. The summed E-state index contributed by atoms with van der Waals surface area (Å²) < 4.78 is 0. The standard InChI is InChI=1S/C18H27N3OS.ClH/c22-17(15-2-1-6-20-11-15)21(12-14-3-9-23-13-14)16-10-18(16)4-7-19-8-5-18;/h3,9,13,15-16,19-20H,1-2,4-8,10-12H2;1H. The lowest BCUT2D eigenvalue weighted by Gasteiger charge is -2.33. The molecule has 1 saturated carbocycles. The van der Waals surface area contributed by atoms with Crippen LogP contribution >= 0.6 is 23.7 Å². The molecule has 0 bridgehead atoms. The third-order valence-electron chi connectivity index (χ3n) is 5.98. The van der Waals surface area contributed by atoms with Crippen LogP contribution in [0.1, 0.15) is 37.7 Å². The smallest absolute Gasteiger partial charge is 0.227 e. The first-order valence-corrected chi connectivity index (χ1v) is 9.96. The van der Waals surface area contributed by atoms with Crippen LogP contribution in [0.25, 0.3) is 0 Å². The Hall–Kier alpha value is -0.620. The van der Waals surface area contributed by atoms with Gasteiger partial charge in [0.05, 0.1) is 5.92 Å². The zero-order valence-corrected chi connectivity index (χ0v) is 15.8. The van der Waals surface area contributed by atoms with Crippen LogP contribution in [0, 0.1) is 11.3 Å². The molecule has 0 aromatic carbocycles. The number of hydrogen-bond acceptors (Lipinski definition) is 4. The number of nitrogens with zero attached hydrogens (tertiary/aromatic N) is 1. The number of hydrogen-bond donors (Lipinski definition) is 2. The van der Waals surface area contributed by atoms with Crippen LogP contribution in [0.5, 0.6) is 0 Å². The minimum atomic E-state index is 0. The van der Waals surface area contributed by atoms with Crippen molar-refractivity contribution in [2.75, 3.05) is 26.2 Å². The van der Waals surface area contributed by atoms with Gasteiger partial charge in [-0.3, -0.25) is 4.79 Å². The molecule has 2 aliphatic heterocycles. The van der Waals surface area contributed by atoms with Crippen LogP contribution in [-0.4, -0.2) is 43.0 Å². The maximum atomic E-state index is 13.2. The first kappa shape index (κ1) is 18.2. The highest BCUT2D eigenvalue weighted by molar-refractivity contribution is 7.07. The molecule has 2 unspecified atom stereocenters. The van der Waals surface area contributed by atoms with Crippen LogP contribution < -0.4 is 10.6 Å². The first-order chi connectivity index (χ1) is 11.3. The van der Waals surface area contributed by atoms with Crippen molar-refractivity contribution in [1.82, 2.24) is 15.5 Å². The third-order valence-corrected chi connectivity index (χ3v) is 6.72. The Balaban J connectivity index is 0.00000169. The third kappa shape index (κ3) is 3.64. The van der Waals surface area contributed by atoms with Gasteiger partial charge in [0.1, 0.15) is 0 Å². The van der Waals surface area contributed by atoms with E-state index in [0.29, 0.717) is 17.4 Å². The maximum absolute atomic E-state index is 13.2. The number of rotatable bonds is 4. The average Bonchev–Trinajstić information content (AvgIpc) is 3.04. The molecule has 2 saturated heterocycles. The molecular formula is C18H28ClN3OS. The predicted molar refractivity (Wildman–Crippen MR) is 101 cm³/mol. The van der Waals surface area contributed by atoms with E-state index in [2.05, 4.69) is 32.4 Å². The molecule has 4 rings (SSSR count). The number of carbonyl (C=O) groups is 1. The van der Waals surface area contributed by atoms with Crippen molar-refractivity contribution in [2.24, 2.45) is 11.3 Å². The molecule has 2 N–H and O–H groups in total. The molecule has 24 heavy (non-hydrogen) atoms. The summed E-state index contributed by atoms with van der Waals surface area (Å²) in [6.07, 6.45) is 5.85. The fraction of sp³-hybridized carbons (Fsp3) is 0.722. The number of nitrogens with one attached hydrogen (secondary N) is 2. The zero-order valence-electron chi connectivity index (χ0n) is 14.1. The Bertz CT molecular complexity index is 538. The topological polar surface area (TPSA) is 44.4 Å². The van der Waals surface area contributed by atoms with E-state index < -0.39 is 0 Å². The molecule has 1 amide bonds. The number of carbonyl (C=O) groups excluding carboxylic acids is 1. The van der Waals surface area contributed by atoms with Gasteiger partial charge in [-0.2, -0.15) is 11.3 Å². The minimum Gasteiger partial charge on any atom is -0.334 e. The number of piperidine rings is 2. The van der Waals surface area contributed by atoms with E-state index in [-0.39, 0.29) is 18.3 Å². The van der Waals surface area contributed by atoms with Crippen LogP contribution in [0.4, 0.5) is 0 Å². The van der Waals surface area contributed by atoms with Gasteiger partial charge < -0.3 is 15.5 Å². The second kappa shape index (κ2) is 7.73. The highest BCUT2D eigenvalue weighted by Gasteiger charge is 2.58. The Labute approximate surface area is 154 Å². The second-order valence-corrected chi connectivity index (χ2v) is 8.25. The van der Waals surface area contributed by atoms with Crippen LogP contribution in [0.2, 0.25) is 0 Å². The lowest BCUT2D eigenvalue weighted by Crippen LogP contribution is -2.45. The first-order valence-electron chi connectivity index (χ1n) is 9.01. The molecule has 3 heterocycles. The quantitative estimate of drug-likeness (QED) is 0.857. The van der Waals surface area contributed by atoms with Crippen LogP contribution in [0.15, 0.2) is 16.8 Å². The summed E-state index contributed by atoms with van der Waals surface area (Å²) in [4.78, 5) is 15.4. The monoisotopic (exact) mass is 369 g/mol. The Kier molecular flexibility index (Phi) is 5.85. The molecule has 134 valence electrons. The van der Waals surface area contributed by atoms with Crippen molar-refractivity contribution in [1.29, 1.82) is 0 Å². The van der Waals surface area contributed by atoms with Gasteiger partial charge in [0.25, 0.3) is 0 Å². The fourth-order valence-electron chi connectivity index (χ4n) is 4.45. The van der Waals surface area contributed by atoms with E-state index in [1.807, 2.05) is 0 Å². The van der Waals surface area contributed by atoms with Crippen molar-refractivity contribution >= 4 is 29.7 Å². The lowest BCUT2D eigenvalue weighted by molar-refractivity contribution is -0.138. The molecule has 1 aromatic heterocycles. The predicted octanol–water partition coefficient (Wildman–Crippen LogP) is 2.64. The fourth-order valence-corrected chi connectivity index (χ4v) is 5.11. The summed E-state index contributed by atoms with van der Waals surface area (Å²) in [6, 6.07) is 2.64. The van der Waals surface area contributed by atoms with Crippen molar-refractivity contribution in [3.05, 3.63) is 22.4 Å². The van der Waals surface area contributed by atoms with Gasteiger partial charge in [-0.15, -0.1) is 12.4 Å². The van der Waals surface area contributed by atoms with Crippen LogP contribution in [-0.2, 0) is 11.3 Å². The lowest BCUT2D eigenvalue weighted by atomic mass is 9.92. The number of amides is 1. The van der Waals surface area contributed by atoms with Crippen molar-refractivity contribution in [3.63, 3.8) is 0 Å². The van der Waals surface area contributed by atoms with Gasteiger partial charge in [-0.05, 0) is 79.5 Å². The van der Waals surface area contributed by atoms with E-state index in [4.69, 9.17) is 0 Å². The summed E-state index contributed by atoms with van der Waals surface area (Å²) >= 11 is 1.73. The molecule has 6 heteroatoms. The summed E-state index contributed by atoms with van der Waals surface area (Å²) in [5, 5.41) is 11.2. The second-order valence-electron chi connectivity index (χ2n) is 7.47. The van der Waals surface area contributed by atoms with Gasteiger partial charge in [-0.25, -0.2) is 0 Å². The molecule has 1 spiro atoms. The van der Waals surface area contributed by atoms with Gasteiger partial charge in [0, 0.05) is 19.1 Å². The highest BCUT2D eigenvalue weighted by Crippen LogP contribution is 2.56. The molecule has 2 atom stereocenters. The Morgan fingerprint density at radius 1 is 1.29 bits per heavy atom. The van der Waals surface area contributed by atoms with E-state index in [9.17, 15) is 4.79 Å². The molecule has 0 radical (unpaired) electrons. The van der Waals surface area contributed by atoms with Gasteiger partial charge in [0.2, 0.25) is 5.91 Å². The zero-order chi connectivity index (χ0) is 15.7. The van der Waals surface area contributed by atoms with E-state index >= 15 is 0 Å². The Morgan fingerprint density at radius 2 is 2.12 bits per heavy atom. The van der Waals surface area contributed by atoms with Crippen molar-refractivity contribution in [3.8, 4) is 0 Å². The van der Waals surface area contributed by atoms with E-state index in [0.717, 1.165) is 45.6 Å². The molecule has 1 aliphatic carbocycles. The van der Waals surface area contributed by atoms with E-state index in [1.165, 1.54) is 24.8 Å². The summed E-state index contributed by atoms with van der Waals surface area (Å²) in [5.41, 5.74) is 1.71. The van der Waals surface area contributed by atoms with Gasteiger partial charge in [0.15, 0.2) is 0 Å². The van der Waals surface area contributed by atoms with Gasteiger partial charge in [-0.1, -0.05) is 0 Å². The minimum absolute atomic E-state index is 0. The van der Waals surface area contributed by atoms with Crippen molar-refractivity contribution < 1.29 is 4.79 Å². The maximum Gasteiger partial charge on any atom is 0.227 e. The largest absolute Gasteiger partial charge is 0.334 e. The molecule has 3 aliphatic rings. The summed E-state index contributed by atoms with van der Waals surface area (Å²) in [6.45, 7) is 4.95. The molecule has 1 aromatic rings. The van der Waals surface area contributed by atoms with Crippen LogP contribution in [0.3, 0.4) is 0 Å². The number of halogens is 1. The summed E-state index contributed by atoms with van der Waals surface area (Å²) in [5.74, 6) is 0.575. The molecule has 4 nitrogen and oxygen atoms in total. The van der Waals surface area contributed by atoms with E-state index in [1.54, 1.807) is 11.3 Å². The summed E-state index contributed by atoms with van der Waals surface area (Å²) in [7, 11) is 0. The molecule has 3 fully saturated rings. The normalized spacial score (nSPS) is 28.2. The number of thiophene rings is 1. The van der Waals surface area contributed by atoms with Gasteiger partial charge >= 0.3 is 0 Å². The highest BCUT2D eigenvalue weighted by atomic mass is 35.5. The van der Waals surface area contributed by atoms with Crippen molar-refractivity contribution in [2.45, 2.75) is 44.7 Å².